The molecule has 66 valence electrons. The van der Waals surface area contributed by atoms with Crippen LogP contribution in [0.1, 0.15) is 0 Å². The Bertz CT molecular complexity index is 238. The molecule has 0 aromatic carbocycles. The highest BCUT2D eigenvalue weighted by Crippen LogP contribution is 2.25. The van der Waals surface area contributed by atoms with Gasteiger partial charge in [0.05, 0.1) is 11.9 Å². The molecular formula is C7H13N5. The van der Waals surface area contributed by atoms with Crippen LogP contribution >= 0.6 is 0 Å². The number of hydrogen-bond donors (Lipinski definition) is 3. The number of aromatic nitrogens is 2. The number of nitrogens with one attached hydrogen (secondary N) is 3. The third kappa shape index (κ3) is 1.39. The summed E-state index contributed by atoms with van der Waals surface area (Å²) < 4.78 is 0. The van der Waals surface area contributed by atoms with Crippen molar-refractivity contribution in [1.82, 2.24) is 10.2 Å². The smallest absolute Gasteiger partial charge is 0.173 e. The topological polar surface area (TPSA) is 61.9 Å². The predicted octanol–water partition coefficient (Wildman–Crippen LogP) is 0.602. The van der Waals surface area contributed by atoms with Gasteiger partial charge in [0, 0.05) is 21.1 Å². The first kappa shape index (κ1) is 8.58. The van der Waals surface area contributed by atoms with E-state index in [0.29, 0.717) is 0 Å². The van der Waals surface area contributed by atoms with Gasteiger partial charge in [0.15, 0.2) is 5.82 Å². The SMILES string of the molecule is CNc1cnnc(NC)c1NC. The second kappa shape index (κ2) is 3.75. The lowest BCUT2D eigenvalue weighted by Crippen LogP contribution is -2.04. The van der Waals surface area contributed by atoms with Crippen LogP contribution in [0.15, 0.2) is 6.20 Å². The lowest BCUT2D eigenvalue weighted by atomic mass is 10.3. The molecule has 1 rings (SSSR count). The molecule has 12 heavy (non-hydrogen) atoms. The summed E-state index contributed by atoms with van der Waals surface area (Å²) in [7, 11) is 5.50. The van der Waals surface area contributed by atoms with Gasteiger partial charge in [-0.25, -0.2) is 0 Å². The lowest BCUT2D eigenvalue weighted by molar-refractivity contribution is 1.03. The minimum absolute atomic E-state index is 0.740. The highest BCUT2D eigenvalue weighted by Gasteiger charge is 2.05. The van der Waals surface area contributed by atoms with Gasteiger partial charge in [-0.05, 0) is 0 Å². The molecule has 0 saturated carbocycles. The van der Waals surface area contributed by atoms with Crippen molar-refractivity contribution < 1.29 is 0 Å². The second-order valence-corrected chi connectivity index (χ2v) is 2.23. The van der Waals surface area contributed by atoms with Gasteiger partial charge in [-0.2, -0.15) is 5.10 Å². The molecule has 0 aliphatic heterocycles. The Morgan fingerprint density at radius 3 is 2.33 bits per heavy atom. The number of rotatable bonds is 3. The number of nitrogens with zero attached hydrogens (tertiary/aromatic N) is 2. The summed E-state index contributed by atoms with van der Waals surface area (Å²) in [6.07, 6.45) is 1.67. The van der Waals surface area contributed by atoms with Crippen molar-refractivity contribution >= 4 is 17.2 Å². The molecule has 0 amide bonds. The normalized spacial score (nSPS) is 9.25. The summed E-state index contributed by atoms with van der Waals surface area (Å²) >= 11 is 0. The van der Waals surface area contributed by atoms with Crippen molar-refractivity contribution in [2.75, 3.05) is 37.1 Å². The first-order chi connectivity index (χ1) is 5.83. The van der Waals surface area contributed by atoms with E-state index in [9.17, 15) is 0 Å². The van der Waals surface area contributed by atoms with Crippen LogP contribution in [-0.2, 0) is 0 Å². The molecule has 3 N–H and O–H groups in total. The van der Waals surface area contributed by atoms with Gasteiger partial charge in [0.2, 0.25) is 0 Å². The Kier molecular flexibility index (Phi) is 2.68. The fourth-order valence-corrected chi connectivity index (χ4v) is 1.00. The molecule has 0 unspecified atom stereocenters. The van der Waals surface area contributed by atoms with Crippen molar-refractivity contribution in [1.29, 1.82) is 0 Å². The van der Waals surface area contributed by atoms with Crippen LogP contribution in [0.4, 0.5) is 17.2 Å². The number of hydrogen-bond acceptors (Lipinski definition) is 5. The van der Waals surface area contributed by atoms with E-state index in [4.69, 9.17) is 0 Å². The van der Waals surface area contributed by atoms with Crippen molar-refractivity contribution in [3.05, 3.63) is 6.20 Å². The van der Waals surface area contributed by atoms with Gasteiger partial charge >= 0.3 is 0 Å². The first-order valence-corrected chi connectivity index (χ1v) is 3.72. The molecule has 1 heterocycles. The maximum atomic E-state index is 3.91. The van der Waals surface area contributed by atoms with Crippen molar-refractivity contribution in [3.63, 3.8) is 0 Å². The van der Waals surface area contributed by atoms with Crippen molar-refractivity contribution in [2.45, 2.75) is 0 Å². The molecule has 1 aromatic rings. The van der Waals surface area contributed by atoms with E-state index in [0.717, 1.165) is 17.2 Å². The zero-order chi connectivity index (χ0) is 8.97. The van der Waals surface area contributed by atoms with E-state index >= 15 is 0 Å². The van der Waals surface area contributed by atoms with Gasteiger partial charge in [-0.1, -0.05) is 0 Å². The second-order valence-electron chi connectivity index (χ2n) is 2.23. The summed E-state index contributed by atoms with van der Waals surface area (Å²) in [5.41, 5.74) is 1.85. The standard InChI is InChI=1S/C7H13N5/c1-8-5-4-11-12-7(10-3)6(5)9-2/h4H,1-3H3,(H,9,11)(H2,8,10,12). The van der Waals surface area contributed by atoms with Gasteiger partial charge in [-0.3, -0.25) is 0 Å². The third-order valence-electron chi connectivity index (χ3n) is 1.61. The molecule has 0 bridgehead atoms. The molecule has 0 spiro atoms. The van der Waals surface area contributed by atoms with Crippen LogP contribution in [0.25, 0.3) is 0 Å². The summed E-state index contributed by atoms with van der Waals surface area (Å²) in [4.78, 5) is 0. The van der Waals surface area contributed by atoms with Crippen LogP contribution in [0, 0.1) is 0 Å². The van der Waals surface area contributed by atoms with Crippen LogP contribution in [0.3, 0.4) is 0 Å². The van der Waals surface area contributed by atoms with Crippen LogP contribution in [0.5, 0.6) is 0 Å². The Hall–Kier alpha value is -1.52. The first-order valence-electron chi connectivity index (χ1n) is 3.72. The van der Waals surface area contributed by atoms with E-state index in [1.165, 1.54) is 0 Å². The number of anilines is 3. The van der Waals surface area contributed by atoms with Gasteiger partial charge < -0.3 is 16.0 Å². The quantitative estimate of drug-likeness (QED) is 0.615. The fourth-order valence-electron chi connectivity index (χ4n) is 1.00. The molecule has 0 aliphatic carbocycles. The van der Waals surface area contributed by atoms with Gasteiger partial charge in [-0.15, -0.1) is 5.10 Å². The zero-order valence-electron chi connectivity index (χ0n) is 7.47. The molecule has 0 saturated heterocycles. The Balaban J connectivity index is 3.13. The van der Waals surface area contributed by atoms with Gasteiger partial charge in [0.25, 0.3) is 0 Å². The van der Waals surface area contributed by atoms with E-state index in [2.05, 4.69) is 26.1 Å². The van der Waals surface area contributed by atoms with Crippen LogP contribution < -0.4 is 16.0 Å². The third-order valence-corrected chi connectivity index (χ3v) is 1.61. The molecule has 1 aromatic heterocycles. The molecule has 5 nitrogen and oxygen atoms in total. The van der Waals surface area contributed by atoms with E-state index in [-0.39, 0.29) is 0 Å². The Labute approximate surface area is 71.6 Å². The highest BCUT2D eigenvalue weighted by atomic mass is 15.2. The lowest BCUT2D eigenvalue weighted by Gasteiger charge is -2.10. The van der Waals surface area contributed by atoms with E-state index in [1.807, 2.05) is 21.1 Å². The zero-order valence-corrected chi connectivity index (χ0v) is 7.47. The van der Waals surface area contributed by atoms with E-state index in [1.54, 1.807) is 6.20 Å². The molecule has 0 radical (unpaired) electrons. The van der Waals surface area contributed by atoms with E-state index < -0.39 is 0 Å². The monoisotopic (exact) mass is 167 g/mol. The summed E-state index contributed by atoms with van der Waals surface area (Å²) in [5, 5.41) is 16.7. The molecular weight excluding hydrogens is 154 g/mol. The largest absolute Gasteiger partial charge is 0.385 e. The minimum Gasteiger partial charge on any atom is -0.385 e. The molecule has 5 heteroatoms. The summed E-state index contributed by atoms with van der Waals surface area (Å²) in [6, 6.07) is 0. The predicted molar refractivity (Wildman–Crippen MR) is 50.7 cm³/mol. The fraction of sp³-hybridized carbons (Fsp3) is 0.429. The van der Waals surface area contributed by atoms with Crippen molar-refractivity contribution in [3.8, 4) is 0 Å². The molecule has 0 aliphatic rings. The minimum atomic E-state index is 0.740. The Morgan fingerprint density at radius 2 is 1.83 bits per heavy atom. The van der Waals surface area contributed by atoms with Crippen LogP contribution in [0.2, 0.25) is 0 Å². The summed E-state index contributed by atoms with van der Waals surface area (Å²) in [5.74, 6) is 0.740. The maximum Gasteiger partial charge on any atom is 0.173 e. The average molecular weight is 167 g/mol. The maximum absolute atomic E-state index is 3.91. The van der Waals surface area contributed by atoms with Crippen molar-refractivity contribution in [2.24, 2.45) is 0 Å². The summed E-state index contributed by atoms with van der Waals surface area (Å²) in [6.45, 7) is 0. The molecule has 0 fully saturated rings. The van der Waals surface area contributed by atoms with Gasteiger partial charge in [0.1, 0.15) is 5.69 Å². The molecule has 0 atom stereocenters. The van der Waals surface area contributed by atoms with Crippen LogP contribution in [-0.4, -0.2) is 31.3 Å². The Morgan fingerprint density at radius 1 is 1.08 bits per heavy atom. The highest BCUT2D eigenvalue weighted by molar-refractivity contribution is 5.78. The average Bonchev–Trinajstić information content (AvgIpc) is 2.16.